The van der Waals surface area contributed by atoms with E-state index >= 15 is 0 Å². The van der Waals surface area contributed by atoms with E-state index in [4.69, 9.17) is 5.11 Å². The normalized spacial score (nSPS) is 10.4. The summed E-state index contributed by atoms with van der Waals surface area (Å²) in [5.41, 5.74) is 0.331. The topological polar surface area (TPSA) is 79.6 Å². The van der Waals surface area contributed by atoms with Crippen LogP contribution in [0.4, 0.5) is 0 Å². The monoisotopic (exact) mass is 272 g/mol. The molecule has 0 aliphatic heterocycles. The van der Waals surface area contributed by atoms with Crippen LogP contribution >= 0.6 is 11.3 Å². The summed E-state index contributed by atoms with van der Waals surface area (Å²) in [6, 6.07) is 0. The third kappa shape index (κ3) is 2.79. The second-order valence-electron chi connectivity index (χ2n) is 3.74. The minimum Gasteiger partial charge on any atom is -0.477 e. The molecule has 1 amide bonds. The molecule has 100 valence electrons. The number of aromatic nitrogens is 1. The number of aromatic carboxylic acids is 1. The van der Waals surface area contributed by atoms with Crippen molar-refractivity contribution in [3.8, 4) is 0 Å². The Hall–Kier alpha value is -1.63. The van der Waals surface area contributed by atoms with E-state index in [1.807, 2.05) is 13.8 Å². The van der Waals surface area contributed by atoms with Crippen LogP contribution in [-0.4, -0.2) is 39.5 Å². The number of hydrogen-bond donors (Lipinski definition) is 1. The first-order chi connectivity index (χ1) is 8.42. The maximum absolute atomic E-state index is 11.9. The maximum atomic E-state index is 11.9. The van der Waals surface area contributed by atoms with E-state index in [1.165, 1.54) is 11.5 Å². The van der Waals surface area contributed by atoms with Crippen LogP contribution in [0.2, 0.25) is 0 Å². The molecule has 0 saturated carbocycles. The molecule has 0 fully saturated rings. The molecule has 1 aromatic heterocycles. The standard InChI is InChI=1S/C11H16N2O4S/c1-4-12(5-2)8(14)6-13-7(3)9(10(15)16)18-11(13)17/h4-6H2,1-3H3,(H,15,16). The van der Waals surface area contributed by atoms with Crippen molar-refractivity contribution in [2.45, 2.75) is 27.3 Å². The van der Waals surface area contributed by atoms with Crippen molar-refractivity contribution in [1.29, 1.82) is 0 Å². The van der Waals surface area contributed by atoms with Crippen LogP contribution in [0.3, 0.4) is 0 Å². The summed E-state index contributed by atoms with van der Waals surface area (Å²) in [5.74, 6) is -1.32. The van der Waals surface area contributed by atoms with Crippen LogP contribution in [0.5, 0.6) is 0 Å². The summed E-state index contributed by atoms with van der Waals surface area (Å²) >= 11 is 0.655. The Morgan fingerprint density at radius 2 is 1.89 bits per heavy atom. The third-order valence-electron chi connectivity index (χ3n) is 2.75. The van der Waals surface area contributed by atoms with Gasteiger partial charge in [-0.05, 0) is 20.8 Å². The summed E-state index contributed by atoms with van der Waals surface area (Å²) in [5, 5.41) is 8.90. The van der Waals surface area contributed by atoms with Gasteiger partial charge in [-0.15, -0.1) is 0 Å². The number of carboxylic acids is 1. The molecule has 0 spiro atoms. The van der Waals surface area contributed by atoms with Crippen molar-refractivity contribution >= 4 is 23.2 Å². The van der Waals surface area contributed by atoms with Crippen molar-refractivity contribution < 1.29 is 14.7 Å². The van der Waals surface area contributed by atoms with Gasteiger partial charge in [0.05, 0.1) is 0 Å². The van der Waals surface area contributed by atoms with Crippen molar-refractivity contribution in [3.05, 3.63) is 20.2 Å². The van der Waals surface area contributed by atoms with Gasteiger partial charge in [0, 0.05) is 18.8 Å². The first-order valence-corrected chi connectivity index (χ1v) is 6.45. The average Bonchev–Trinajstić information content (AvgIpc) is 2.58. The molecule has 0 aliphatic rings. The molecule has 0 bridgehead atoms. The van der Waals surface area contributed by atoms with E-state index in [0.717, 1.165) is 0 Å². The maximum Gasteiger partial charge on any atom is 0.347 e. The van der Waals surface area contributed by atoms with Crippen LogP contribution in [0.15, 0.2) is 4.79 Å². The lowest BCUT2D eigenvalue weighted by molar-refractivity contribution is -0.131. The Morgan fingerprint density at radius 1 is 1.33 bits per heavy atom. The Labute approximate surface area is 108 Å². The fourth-order valence-electron chi connectivity index (χ4n) is 1.67. The fraction of sp³-hybridized carbons (Fsp3) is 0.545. The van der Waals surface area contributed by atoms with Crippen molar-refractivity contribution in [3.63, 3.8) is 0 Å². The summed E-state index contributed by atoms with van der Waals surface area (Å²) in [6.07, 6.45) is 0. The lowest BCUT2D eigenvalue weighted by atomic mass is 10.3. The van der Waals surface area contributed by atoms with Gasteiger partial charge < -0.3 is 10.0 Å². The number of carbonyl (C=O) groups is 2. The zero-order valence-electron chi connectivity index (χ0n) is 10.6. The molecule has 0 atom stereocenters. The van der Waals surface area contributed by atoms with E-state index < -0.39 is 10.8 Å². The highest BCUT2D eigenvalue weighted by Gasteiger charge is 2.19. The summed E-state index contributed by atoms with van der Waals surface area (Å²) < 4.78 is 1.22. The zero-order chi connectivity index (χ0) is 13.9. The number of carbonyl (C=O) groups excluding carboxylic acids is 1. The lowest BCUT2D eigenvalue weighted by Crippen LogP contribution is -2.35. The molecule has 1 N–H and O–H groups in total. The van der Waals surface area contributed by atoms with Crippen LogP contribution in [0.1, 0.15) is 29.2 Å². The quantitative estimate of drug-likeness (QED) is 0.859. The van der Waals surface area contributed by atoms with Crippen LogP contribution in [-0.2, 0) is 11.3 Å². The van der Waals surface area contributed by atoms with Crippen molar-refractivity contribution in [2.75, 3.05) is 13.1 Å². The minimum absolute atomic E-state index is 0.00709. The van der Waals surface area contributed by atoms with Gasteiger partial charge in [0.1, 0.15) is 11.4 Å². The van der Waals surface area contributed by atoms with E-state index in [0.29, 0.717) is 30.1 Å². The summed E-state index contributed by atoms with van der Waals surface area (Å²) in [7, 11) is 0. The largest absolute Gasteiger partial charge is 0.477 e. The van der Waals surface area contributed by atoms with Crippen molar-refractivity contribution in [2.24, 2.45) is 0 Å². The number of carboxylic acid groups (broad SMARTS) is 1. The number of amides is 1. The van der Waals surface area contributed by atoms with Gasteiger partial charge in [-0.1, -0.05) is 11.3 Å². The molecule has 0 aliphatic carbocycles. The van der Waals surface area contributed by atoms with Gasteiger partial charge in [0.25, 0.3) is 0 Å². The van der Waals surface area contributed by atoms with Crippen molar-refractivity contribution in [1.82, 2.24) is 9.47 Å². The van der Waals surface area contributed by atoms with E-state index in [2.05, 4.69) is 0 Å². The molecule has 18 heavy (non-hydrogen) atoms. The molecular weight excluding hydrogens is 256 g/mol. The molecule has 1 aromatic rings. The summed E-state index contributed by atoms with van der Waals surface area (Å²) in [6.45, 7) is 6.28. The Kier molecular flexibility index (Phi) is 4.66. The molecule has 7 heteroatoms. The van der Waals surface area contributed by atoms with E-state index in [-0.39, 0.29) is 17.3 Å². The molecule has 0 unspecified atom stereocenters. The average molecular weight is 272 g/mol. The van der Waals surface area contributed by atoms with Gasteiger partial charge in [0.2, 0.25) is 5.91 Å². The van der Waals surface area contributed by atoms with Gasteiger partial charge in [-0.25, -0.2) is 4.79 Å². The van der Waals surface area contributed by atoms with Gasteiger partial charge >= 0.3 is 10.8 Å². The fourth-order valence-corrected chi connectivity index (χ4v) is 2.50. The number of hydrogen-bond acceptors (Lipinski definition) is 4. The molecule has 0 aromatic carbocycles. The number of thiazole rings is 1. The van der Waals surface area contributed by atoms with Gasteiger partial charge in [0.15, 0.2) is 0 Å². The van der Waals surface area contributed by atoms with Crippen LogP contribution in [0, 0.1) is 6.92 Å². The molecule has 1 heterocycles. The first kappa shape index (κ1) is 14.4. The molecule has 0 saturated heterocycles. The Morgan fingerprint density at radius 3 is 2.28 bits per heavy atom. The SMILES string of the molecule is CCN(CC)C(=O)Cn1c(C)c(C(=O)O)sc1=O. The summed E-state index contributed by atoms with van der Waals surface area (Å²) in [4.78, 5) is 35.6. The molecule has 1 rings (SSSR count). The molecule has 0 radical (unpaired) electrons. The number of nitrogens with zero attached hydrogens (tertiary/aromatic N) is 2. The van der Waals surface area contributed by atoms with E-state index in [9.17, 15) is 14.4 Å². The predicted octanol–water partition coefficient (Wildman–Crippen LogP) is 0.785. The number of likely N-dealkylation sites (N-methyl/N-ethyl adjacent to an activating group) is 1. The molecular formula is C11H16N2O4S. The highest BCUT2D eigenvalue weighted by molar-refractivity contribution is 7.11. The minimum atomic E-state index is -1.14. The first-order valence-electron chi connectivity index (χ1n) is 5.63. The van der Waals surface area contributed by atoms with Gasteiger partial charge in [-0.3, -0.25) is 14.2 Å². The van der Waals surface area contributed by atoms with Gasteiger partial charge in [-0.2, -0.15) is 0 Å². The predicted molar refractivity (Wildman–Crippen MR) is 68.2 cm³/mol. The second-order valence-corrected chi connectivity index (χ2v) is 4.70. The highest BCUT2D eigenvalue weighted by Crippen LogP contribution is 2.11. The smallest absolute Gasteiger partial charge is 0.347 e. The van der Waals surface area contributed by atoms with Crippen LogP contribution in [0.25, 0.3) is 0 Å². The molecule has 6 nitrogen and oxygen atoms in total. The zero-order valence-corrected chi connectivity index (χ0v) is 11.4. The lowest BCUT2D eigenvalue weighted by Gasteiger charge is -2.18. The highest BCUT2D eigenvalue weighted by atomic mass is 32.1. The number of rotatable bonds is 5. The Balaban J connectivity index is 3.02. The Bertz CT molecular complexity index is 514. The van der Waals surface area contributed by atoms with E-state index in [1.54, 1.807) is 4.90 Å². The third-order valence-corrected chi connectivity index (χ3v) is 3.82. The van der Waals surface area contributed by atoms with Crippen LogP contribution < -0.4 is 4.87 Å². The second kappa shape index (κ2) is 5.81.